The lowest BCUT2D eigenvalue weighted by atomic mass is 9.99. The van der Waals surface area contributed by atoms with E-state index in [9.17, 15) is 14.4 Å². The van der Waals surface area contributed by atoms with Crippen molar-refractivity contribution in [2.75, 3.05) is 13.1 Å². The van der Waals surface area contributed by atoms with Crippen LogP contribution in [-0.4, -0.2) is 47.5 Å². The van der Waals surface area contributed by atoms with Gasteiger partial charge in [-0.25, -0.2) is 4.79 Å². The van der Waals surface area contributed by atoms with Crippen LogP contribution in [0.3, 0.4) is 0 Å². The third-order valence-corrected chi connectivity index (χ3v) is 5.06. The molecule has 3 amide bonds. The van der Waals surface area contributed by atoms with Crippen molar-refractivity contribution in [3.63, 3.8) is 0 Å². The van der Waals surface area contributed by atoms with E-state index in [1.165, 1.54) is 4.90 Å². The number of alkyl carbamates (subject to hydrolysis) is 1. The summed E-state index contributed by atoms with van der Waals surface area (Å²) in [6.07, 6.45) is 4.28. The molecule has 7 heteroatoms. The van der Waals surface area contributed by atoms with Crippen molar-refractivity contribution in [1.29, 1.82) is 0 Å². The molecule has 0 aliphatic heterocycles. The maximum atomic E-state index is 13.8. The smallest absolute Gasteiger partial charge is 0.408 e. The molecular weight excluding hydrogens is 430 g/mol. The van der Waals surface area contributed by atoms with Gasteiger partial charge in [-0.2, -0.15) is 0 Å². The number of amides is 3. The Morgan fingerprint density at radius 2 is 1.76 bits per heavy atom. The molecule has 0 fully saturated rings. The fourth-order valence-electron chi connectivity index (χ4n) is 3.60. The molecule has 0 radical (unpaired) electrons. The number of benzene rings is 1. The summed E-state index contributed by atoms with van der Waals surface area (Å²) in [6, 6.07) is 7.53. The lowest BCUT2D eigenvalue weighted by molar-refractivity contribution is -0.142. The summed E-state index contributed by atoms with van der Waals surface area (Å²) in [4.78, 5) is 41.1. The van der Waals surface area contributed by atoms with E-state index in [0.717, 1.165) is 19.3 Å². The molecule has 0 saturated carbocycles. The van der Waals surface area contributed by atoms with Crippen LogP contribution >= 0.6 is 0 Å². The molecule has 0 spiro atoms. The molecule has 7 nitrogen and oxygen atoms in total. The van der Waals surface area contributed by atoms with E-state index in [4.69, 9.17) is 4.74 Å². The SMILES string of the molecule is C=CCN(C(=O)C(CC(C)C)NC(=O)OC(C)(C)C)C(C(=O)NCCCCC)c1ccccc1. The number of ether oxygens (including phenoxy) is 1. The Morgan fingerprint density at radius 3 is 2.29 bits per heavy atom. The Balaban J connectivity index is 3.28. The van der Waals surface area contributed by atoms with Gasteiger partial charge in [0.25, 0.3) is 0 Å². The van der Waals surface area contributed by atoms with Gasteiger partial charge < -0.3 is 20.3 Å². The maximum absolute atomic E-state index is 13.8. The van der Waals surface area contributed by atoms with Crippen molar-refractivity contribution in [2.24, 2.45) is 5.92 Å². The Labute approximate surface area is 205 Å². The molecule has 2 N–H and O–H groups in total. The zero-order chi connectivity index (χ0) is 25.7. The van der Waals surface area contributed by atoms with Crippen LogP contribution in [0.25, 0.3) is 0 Å². The van der Waals surface area contributed by atoms with Gasteiger partial charge in [0.05, 0.1) is 0 Å². The fourth-order valence-corrected chi connectivity index (χ4v) is 3.60. The van der Waals surface area contributed by atoms with Gasteiger partial charge in [-0.1, -0.05) is 70.0 Å². The number of hydrogen-bond donors (Lipinski definition) is 2. The summed E-state index contributed by atoms with van der Waals surface area (Å²) in [7, 11) is 0. The van der Waals surface area contributed by atoms with Crippen molar-refractivity contribution >= 4 is 17.9 Å². The largest absolute Gasteiger partial charge is 0.444 e. The summed E-state index contributed by atoms with van der Waals surface area (Å²) in [5.74, 6) is -0.470. The highest BCUT2D eigenvalue weighted by atomic mass is 16.6. The van der Waals surface area contributed by atoms with Gasteiger partial charge in [-0.05, 0) is 45.1 Å². The number of unbranched alkanes of at least 4 members (excludes halogenated alkanes) is 2. The maximum Gasteiger partial charge on any atom is 0.408 e. The number of carbonyl (C=O) groups is 3. The molecule has 0 aromatic heterocycles. The van der Waals surface area contributed by atoms with Gasteiger partial charge in [-0.3, -0.25) is 9.59 Å². The summed E-state index contributed by atoms with van der Waals surface area (Å²) in [6.45, 7) is 15.9. The van der Waals surface area contributed by atoms with Gasteiger partial charge >= 0.3 is 6.09 Å². The average molecular weight is 474 g/mol. The zero-order valence-corrected chi connectivity index (χ0v) is 21.7. The predicted octanol–water partition coefficient (Wildman–Crippen LogP) is 4.99. The highest BCUT2D eigenvalue weighted by Gasteiger charge is 2.35. The third kappa shape index (κ3) is 10.4. The lowest BCUT2D eigenvalue weighted by Crippen LogP contribution is -2.53. The Hall–Kier alpha value is -2.83. The minimum Gasteiger partial charge on any atom is -0.444 e. The normalized spacial score (nSPS) is 13.0. The molecule has 34 heavy (non-hydrogen) atoms. The van der Waals surface area contributed by atoms with E-state index in [0.29, 0.717) is 18.5 Å². The van der Waals surface area contributed by atoms with Crippen LogP contribution in [0.5, 0.6) is 0 Å². The van der Waals surface area contributed by atoms with Crippen LogP contribution in [0.2, 0.25) is 0 Å². The van der Waals surface area contributed by atoms with E-state index >= 15 is 0 Å². The van der Waals surface area contributed by atoms with Crippen LogP contribution in [0.4, 0.5) is 4.79 Å². The lowest BCUT2D eigenvalue weighted by Gasteiger charge is -2.34. The topological polar surface area (TPSA) is 87.7 Å². The molecule has 0 bridgehead atoms. The first kappa shape index (κ1) is 29.2. The first-order valence-electron chi connectivity index (χ1n) is 12.2. The fraction of sp³-hybridized carbons (Fsp3) is 0.593. The van der Waals surface area contributed by atoms with Crippen molar-refractivity contribution < 1.29 is 19.1 Å². The summed E-state index contributed by atoms with van der Waals surface area (Å²) >= 11 is 0. The minimum absolute atomic E-state index is 0.132. The molecule has 190 valence electrons. The van der Waals surface area contributed by atoms with Gasteiger partial charge in [0.1, 0.15) is 17.7 Å². The highest BCUT2D eigenvalue weighted by molar-refractivity contribution is 5.92. The summed E-state index contributed by atoms with van der Waals surface area (Å²) in [5, 5.41) is 5.71. The van der Waals surface area contributed by atoms with Gasteiger partial charge in [0, 0.05) is 13.1 Å². The van der Waals surface area contributed by atoms with Gasteiger partial charge in [0.15, 0.2) is 0 Å². The number of hydrogen-bond acceptors (Lipinski definition) is 4. The second-order valence-electron chi connectivity index (χ2n) is 9.92. The van der Waals surface area contributed by atoms with Crippen LogP contribution < -0.4 is 10.6 Å². The Morgan fingerprint density at radius 1 is 1.12 bits per heavy atom. The van der Waals surface area contributed by atoms with Crippen LogP contribution in [0.15, 0.2) is 43.0 Å². The molecule has 0 saturated heterocycles. The number of carbonyl (C=O) groups excluding carboxylic acids is 3. The molecule has 1 rings (SSSR count). The van der Waals surface area contributed by atoms with E-state index in [1.54, 1.807) is 26.8 Å². The first-order valence-corrected chi connectivity index (χ1v) is 12.2. The van der Waals surface area contributed by atoms with Crippen LogP contribution in [-0.2, 0) is 14.3 Å². The number of nitrogens with zero attached hydrogens (tertiary/aromatic N) is 1. The minimum atomic E-state index is -0.844. The zero-order valence-electron chi connectivity index (χ0n) is 21.7. The Bertz CT molecular complexity index is 787. The van der Waals surface area contributed by atoms with E-state index in [2.05, 4.69) is 24.1 Å². The van der Waals surface area contributed by atoms with Crippen molar-refractivity contribution in [3.05, 3.63) is 48.6 Å². The van der Waals surface area contributed by atoms with E-state index in [1.807, 2.05) is 44.2 Å². The quantitative estimate of drug-likeness (QED) is 0.312. The molecular formula is C27H43N3O4. The first-order chi connectivity index (χ1) is 16.0. The van der Waals surface area contributed by atoms with Crippen molar-refractivity contribution in [1.82, 2.24) is 15.5 Å². The molecule has 0 aliphatic rings. The Kier molecular flexibility index (Phi) is 12.4. The average Bonchev–Trinajstić information content (AvgIpc) is 2.74. The molecule has 0 heterocycles. The monoisotopic (exact) mass is 473 g/mol. The predicted molar refractivity (Wildman–Crippen MR) is 136 cm³/mol. The van der Waals surface area contributed by atoms with Crippen molar-refractivity contribution in [2.45, 2.75) is 84.9 Å². The molecule has 2 atom stereocenters. The van der Waals surface area contributed by atoms with Gasteiger partial charge in [0.2, 0.25) is 11.8 Å². The van der Waals surface area contributed by atoms with Crippen LogP contribution in [0, 0.1) is 5.92 Å². The van der Waals surface area contributed by atoms with E-state index < -0.39 is 23.8 Å². The van der Waals surface area contributed by atoms with Crippen molar-refractivity contribution in [3.8, 4) is 0 Å². The van der Waals surface area contributed by atoms with E-state index in [-0.39, 0.29) is 24.3 Å². The number of rotatable bonds is 13. The van der Waals surface area contributed by atoms with Crippen LogP contribution in [0.1, 0.15) is 78.8 Å². The summed E-state index contributed by atoms with van der Waals surface area (Å²) in [5.41, 5.74) is 0.00705. The molecule has 2 unspecified atom stereocenters. The second-order valence-corrected chi connectivity index (χ2v) is 9.92. The van der Waals surface area contributed by atoms with Gasteiger partial charge in [-0.15, -0.1) is 6.58 Å². The summed E-state index contributed by atoms with van der Waals surface area (Å²) < 4.78 is 5.39. The standard InChI is InChI=1S/C27H43N3O4/c1-8-10-14-17-28-24(31)23(21-15-12-11-13-16-21)30(18-9-2)25(32)22(19-20(3)4)29-26(33)34-27(5,6)7/h9,11-13,15-16,20,22-23H,2,8,10,14,17-19H2,1,3-7H3,(H,28,31)(H,29,33). The molecule has 1 aromatic carbocycles. The number of nitrogens with one attached hydrogen (secondary N) is 2. The second kappa shape index (κ2) is 14.4. The molecule has 1 aromatic rings. The third-order valence-electron chi connectivity index (χ3n) is 5.06. The highest BCUT2D eigenvalue weighted by Crippen LogP contribution is 2.24. The molecule has 0 aliphatic carbocycles.